The molecular formula is C15H17N3O2S. The molecule has 5 nitrogen and oxygen atoms in total. The first-order valence-electron chi connectivity index (χ1n) is 7.03. The van der Waals surface area contributed by atoms with Crippen LogP contribution in [0.25, 0.3) is 0 Å². The van der Waals surface area contributed by atoms with Gasteiger partial charge in [0.15, 0.2) is 5.01 Å². The Balaban J connectivity index is 1.66. The topological polar surface area (TPSA) is 55.3 Å². The molecule has 0 atom stereocenters. The quantitative estimate of drug-likeness (QED) is 0.871. The second kappa shape index (κ2) is 6.22. The van der Waals surface area contributed by atoms with Crippen molar-refractivity contribution in [2.45, 2.75) is 26.4 Å². The van der Waals surface area contributed by atoms with Gasteiger partial charge in [-0.25, -0.2) is 0 Å². The Hall–Kier alpha value is -1.95. The highest BCUT2D eigenvalue weighted by Crippen LogP contribution is 2.19. The zero-order valence-corrected chi connectivity index (χ0v) is 12.7. The van der Waals surface area contributed by atoms with Crippen LogP contribution in [0, 0.1) is 6.92 Å². The van der Waals surface area contributed by atoms with E-state index in [4.69, 9.17) is 4.74 Å². The molecule has 1 amide bonds. The summed E-state index contributed by atoms with van der Waals surface area (Å²) in [5, 5.41) is 9.73. The van der Waals surface area contributed by atoms with Crippen molar-refractivity contribution in [2.75, 3.05) is 13.1 Å². The number of carbonyl (C=O) groups excluding carboxylic acids is 1. The molecule has 0 radical (unpaired) electrons. The van der Waals surface area contributed by atoms with E-state index in [1.54, 1.807) is 6.07 Å². The second-order valence-electron chi connectivity index (χ2n) is 5.03. The van der Waals surface area contributed by atoms with Crippen LogP contribution in [0.2, 0.25) is 0 Å². The van der Waals surface area contributed by atoms with Crippen molar-refractivity contribution in [3.63, 3.8) is 0 Å². The Morgan fingerprint density at radius 2 is 2.14 bits per heavy atom. The number of nitrogens with zero attached hydrogens (tertiary/aromatic N) is 3. The van der Waals surface area contributed by atoms with Crippen molar-refractivity contribution in [3.8, 4) is 5.75 Å². The molecular weight excluding hydrogens is 286 g/mol. The molecule has 0 spiro atoms. The highest BCUT2D eigenvalue weighted by Gasteiger charge is 2.19. The van der Waals surface area contributed by atoms with E-state index in [-0.39, 0.29) is 5.91 Å². The summed E-state index contributed by atoms with van der Waals surface area (Å²) in [5.41, 5.74) is 0.683. The molecule has 21 heavy (non-hydrogen) atoms. The largest absolute Gasteiger partial charge is 0.486 e. The lowest BCUT2D eigenvalue weighted by Gasteiger charge is -2.15. The maximum Gasteiger partial charge on any atom is 0.253 e. The predicted octanol–water partition coefficient (Wildman–Crippen LogP) is 2.66. The molecule has 2 aromatic rings. The lowest BCUT2D eigenvalue weighted by atomic mass is 10.2. The summed E-state index contributed by atoms with van der Waals surface area (Å²) in [6.07, 6.45) is 2.19. The van der Waals surface area contributed by atoms with Gasteiger partial charge >= 0.3 is 0 Å². The lowest BCUT2D eigenvalue weighted by Crippen LogP contribution is -2.27. The maximum absolute atomic E-state index is 12.3. The summed E-state index contributed by atoms with van der Waals surface area (Å²) in [5.74, 6) is 0.776. The Bertz CT molecular complexity index is 635. The van der Waals surface area contributed by atoms with Crippen LogP contribution >= 0.6 is 11.3 Å². The first-order chi connectivity index (χ1) is 10.2. The van der Waals surface area contributed by atoms with Gasteiger partial charge < -0.3 is 9.64 Å². The minimum absolute atomic E-state index is 0.0877. The van der Waals surface area contributed by atoms with Crippen LogP contribution in [0.3, 0.4) is 0 Å². The van der Waals surface area contributed by atoms with Crippen molar-refractivity contribution in [1.82, 2.24) is 15.1 Å². The number of hydrogen-bond donors (Lipinski definition) is 0. The summed E-state index contributed by atoms with van der Waals surface area (Å²) >= 11 is 1.52. The van der Waals surface area contributed by atoms with Crippen molar-refractivity contribution >= 4 is 17.2 Å². The molecule has 3 rings (SSSR count). The monoisotopic (exact) mass is 303 g/mol. The Morgan fingerprint density at radius 1 is 1.33 bits per heavy atom. The average Bonchev–Trinajstić information content (AvgIpc) is 3.16. The molecule has 1 aromatic carbocycles. The predicted molar refractivity (Wildman–Crippen MR) is 80.6 cm³/mol. The number of likely N-dealkylation sites (tertiary alicyclic amines) is 1. The summed E-state index contributed by atoms with van der Waals surface area (Å²) in [7, 11) is 0. The molecule has 0 unspecified atom stereocenters. The Labute approximate surface area is 127 Å². The Morgan fingerprint density at radius 3 is 2.86 bits per heavy atom. The molecule has 0 saturated carbocycles. The highest BCUT2D eigenvalue weighted by molar-refractivity contribution is 7.11. The van der Waals surface area contributed by atoms with E-state index >= 15 is 0 Å². The van der Waals surface area contributed by atoms with Crippen LogP contribution in [0.4, 0.5) is 0 Å². The van der Waals surface area contributed by atoms with Gasteiger partial charge in [0.05, 0.1) is 0 Å². The zero-order valence-electron chi connectivity index (χ0n) is 11.9. The average molecular weight is 303 g/mol. The molecule has 1 aliphatic heterocycles. The number of aromatic nitrogens is 2. The number of benzene rings is 1. The van der Waals surface area contributed by atoms with Gasteiger partial charge in [0.25, 0.3) is 5.91 Å². The van der Waals surface area contributed by atoms with Gasteiger partial charge in [-0.1, -0.05) is 17.4 Å². The lowest BCUT2D eigenvalue weighted by molar-refractivity contribution is 0.0792. The number of aryl methyl sites for hydroxylation is 1. The molecule has 1 aromatic heterocycles. The fourth-order valence-electron chi connectivity index (χ4n) is 2.36. The van der Waals surface area contributed by atoms with Crippen LogP contribution < -0.4 is 4.74 Å². The van der Waals surface area contributed by atoms with E-state index in [9.17, 15) is 4.79 Å². The minimum Gasteiger partial charge on any atom is -0.486 e. The van der Waals surface area contributed by atoms with Gasteiger partial charge in [-0.05, 0) is 38.0 Å². The SMILES string of the molecule is Cc1nnc(COc2cccc(C(=O)N3CCCC3)c2)s1. The van der Waals surface area contributed by atoms with Crippen LogP contribution in [0.5, 0.6) is 5.75 Å². The van der Waals surface area contributed by atoms with E-state index in [0.29, 0.717) is 17.9 Å². The smallest absolute Gasteiger partial charge is 0.253 e. The standard InChI is InChI=1S/C15H17N3O2S/c1-11-16-17-14(21-11)10-20-13-6-4-5-12(9-13)15(19)18-7-2-3-8-18/h4-6,9H,2-3,7-8,10H2,1H3. The number of hydrogen-bond acceptors (Lipinski definition) is 5. The van der Waals surface area contributed by atoms with Gasteiger partial charge in [0, 0.05) is 18.7 Å². The number of carbonyl (C=O) groups is 1. The molecule has 1 fully saturated rings. The summed E-state index contributed by atoms with van der Waals surface area (Å²) < 4.78 is 5.70. The van der Waals surface area contributed by atoms with Crippen LogP contribution in [0.1, 0.15) is 33.2 Å². The third kappa shape index (κ3) is 3.39. The van der Waals surface area contributed by atoms with Crippen molar-refractivity contribution < 1.29 is 9.53 Å². The number of rotatable bonds is 4. The van der Waals surface area contributed by atoms with E-state index < -0.39 is 0 Å². The summed E-state index contributed by atoms with van der Waals surface area (Å²) in [6.45, 7) is 4.01. The Kier molecular flexibility index (Phi) is 4.15. The molecule has 0 bridgehead atoms. The first-order valence-corrected chi connectivity index (χ1v) is 7.85. The molecule has 110 valence electrons. The summed E-state index contributed by atoms with van der Waals surface area (Å²) in [4.78, 5) is 14.2. The molecule has 6 heteroatoms. The van der Waals surface area contributed by atoms with Gasteiger partial charge in [0.2, 0.25) is 0 Å². The van der Waals surface area contributed by atoms with Gasteiger partial charge in [-0.2, -0.15) is 0 Å². The number of ether oxygens (including phenoxy) is 1. The van der Waals surface area contributed by atoms with Crippen molar-refractivity contribution in [3.05, 3.63) is 39.8 Å². The number of amides is 1. The first kappa shape index (κ1) is 14.0. The second-order valence-corrected chi connectivity index (χ2v) is 6.30. The van der Waals surface area contributed by atoms with E-state index in [1.807, 2.05) is 30.0 Å². The van der Waals surface area contributed by atoms with Gasteiger partial charge in [-0.3, -0.25) is 4.79 Å². The fourth-order valence-corrected chi connectivity index (χ4v) is 2.98. The van der Waals surface area contributed by atoms with E-state index in [0.717, 1.165) is 35.9 Å². The zero-order chi connectivity index (χ0) is 14.7. The molecule has 0 aliphatic carbocycles. The maximum atomic E-state index is 12.3. The molecule has 1 aliphatic rings. The summed E-state index contributed by atoms with van der Waals surface area (Å²) in [6, 6.07) is 7.34. The van der Waals surface area contributed by atoms with Crippen LogP contribution in [-0.2, 0) is 6.61 Å². The normalized spacial score (nSPS) is 14.4. The van der Waals surface area contributed by atoms with Gasteiger partial charge in [-0.15, -0.1) is 10.2 Å². The van der Waals surface area contributed by atoms with Crippen LogP contribution in [0.15, 0.2) is 24.3 Å². The van der Waals surface area contributed by atoms with E-state index in [1.165, 1.54) is 11.3 Å². The molecule has 2 heterocycles. The minimum atomic E-state index is 0.0877. The van der Waals surface area contributed by atoms with Crippen molar-refractivity contribution in [2.24, 2.45) is 0 Å². The van der Waals surface area contributed by atoms with E-state index in [2.05, 4.69) is 10.2 Å². The third-order valence-electron chi connectivity index (χ3n) is 3.40. The molecule has 1 saturated heterocycles. The highest BCUT2D eigenvalue weighted by atomic mass is 32.1. The molecule has 0 N–H and O–H groups in total. The third-order valence-corrected chi connectivity index (χ3v) is 4.22. The fraction of sp³-hybridized carbons (Fsp3) is 0.400. The van der Waals surface area contributed by atoms with Crippen LogP contribution in [-0.4, -0.2) is 34.1 Å². The van der Waals surface area contributed by atoms with Crippen molar-refractivity contribution in [1.29, 1.82) is 0 Å². The van der Waals surface area contributed by atoms with Gasteiger partial charge in [0.1, 0.15) is 17.4 Å².